The van der Waals surface area contributed by atoms with Gasteiger partial charge in [-0.25, -0.2) is 17.7 Å². The summed E-state index contributed by atoms with van der Waals surface area (Å²) in [6.07, 6.45) is 6.58. The van der Waals surface area contributed by atoms with Crippen molar-refractivity contribution in [3.05, 3.63) is 30.5 Å². The van der Waals surface area contributed by atoms with Gasteiger partial charge in [0, 0.05) is 45.7 Å². The van der Waals surface area contributed by atoms with Gasteiger partial charge in [0.15, 0.2) is 5.82 Å². The smallest absolute Gasteiger partial charge is 0.266 e. The Kier molecular flexibility index (Phi) is 6.24. The summed E-state index contributed by atoms with van der Waals surface area (Å²) < 4.78 is 25.7. The van der Waals surface area contributed by atoms with Gasteiger partial charge < -0.3 is 15.1 Å². The predicted octanol–water partition coefficient (Wildman–Crippen LogP) is 2.50. The Morgan fingerprint density at radius 3 is 2.48 bits per heavy atom. The van der Waals surface area contributed by atoms with E-state index in [4.69, 9.17) is 4.98 Å². The van der Waals surface area contributed by atoms with Gasteiger partial charge >= 0.3 is 0 Å². The number of nitrogens with zero attached hydrogens (tertiary/aromatic N) is 5. The number of benzene rings is 1. The fourth-order valence-corrected chi connectivity index (χ4v) is 5.37. The second kappa shape index (κ2) is 8.97. The molecule has 0 bridgehead atoms. The summed E-state index contributed by atoms with van der Waals surface area (Å²) in [6.45, 7) is 1.82. The molecule has 1 saturated carbocycles. The minimum atomic E-state index is -3.89. The highest BCUT2D eigenvalue weighted by atomic mass is 32.2. The first-order chi connectivity index (χ1) is 15.7. The highest BCUT2D eigenvalue weighted by Gasteiger charge is 2.31. The van der Waals surface area contributed by atoms with E-state index in [1.54, 1.807) is 30.3 Å². The van der Waals surface area contributed by atoms with Gasteiger partial charge in [-0.2, -0.15) is 4.98 Å². The average molecular weight is 473 g/mol. The molecule has 1 aromatic heterocycles. The first kappa shape index (κ1) is 23.0. The maximum absolute atomic E-state index is 12.5. The molecule has 33 heavy (non-hydrogen) atoms. The van der Waals surface area contributed by atoms with Crippen molar-refractivity contribution in [3.8, 4) is 0 Å². The van der Waals surface area contributed by atoms with Crippen molar-refractivity contribution in [3.63, 3.8) is 0 Å². The first-order valence-electron chi connectivity index (χ1n) is 11.0. The van der Waals surface area contributed by atoms with E-state index in [-0.39, 0.29) is 10.8 Å². The van der Waals surface area contributed by atoms with Crippen molar-refractivity contribution < 1.29 is 18.0 Å². The molecule has 0 atom stereocenters. The lowest BCUT2D eigenvalue weighted by atomic mass is 10.2. The van der Waals surface area contributed by atoms with Gasteiger partial charge in [0.25, 0.3) is 10.0 Å². The lowest BCUT2D eigenvalue weighted by molar-refractivity contribution is -0.123. The van der Waals surface area contributed by atoms with E-state index < -0.39 is 15.9 Å². The summed E-state index contributed by atoms with van der Waals surface area (Å²) in [7, 11) is -0.921. The molecule has 2 heterocycles. The van der Waals surface area contributed by atoms with Gasteiger partial charge in [0.05, 0.1) is 11.1 Å². The molecule has 176 valence electrons. The normalized spacial score (nSPS) is 17.0. The van der Waals surface area contributed by atoms with Crippen LogP contribution < -0.4 is 15.1 Å². The molecule has 0 unspecified atom stereocenters. The summed E-state index contributed by atoms with van der Waals surface area (Å²) in [5.74, 6) is 0.560. The van der Waals surface area contributed by atoms with Crippen LogP contribution >= 0.6 is 0 Å². The van der Waals surface area contributed by atoms with Gasteiger partial charge in [-0.3, -0.25) is 9.59 Å². The topological polar surface area (TPSA) is 116 Å². The summed E-state index contributed by atoms with van der Waals surface area (Å²) in [5.41, 5.74) is 1.29. The van der Waals surface area contributed by atoms with Crippen LogP contribution in [0.4, 0.5) is 23.1 Å². The van der Waals surface area contributed by atoms with Crippen LogP contribution in [0.2, 0.25) is 0 Å². The van der Waals surface area contributed by atoms with Gasteiger partial charge in [0.1, 0.15) is 5.69 Å². The Labute approximate surface area is 193 Å². The summed E-state index contributed by atoms with van der Waals surface area (Å²) >= 11 is 0. The van der Waals surface area contributed by atoms with Crippen molar-refractivity contribution in [2.75, 3.05) is 35.8 Å². The molecular formula is C22H28N6O4S. The van der Waals surface area contributed by atoms with Crippen LogP contribution in [0.5, 0.6) is 0 Å². The molecule has 1 N–H and O–H groups in total. The second-order valence-electron chi connectivity index (χ2n) is 8.38. The monoisotopic (exact) mass is 472 g/mol. The summed E-state index contributed by atoms with van der Waals surface area (Å²) in [5, 5.41) is 3.11. The maximum Gasteiger partial charge on any atom is 0.266 e. The van der Waals surface area contributed by atoms with E-state index in [1.165, 1.54) is 38.9 Å². The molecule has 1 fully saturated rings. The minimum absolute atomic E-state index is 0.0149. The van der Waals surface area contributed by atoms with Crippen LogP contribution in [-0.4, -0.2) is 61.2 Å². The van der Waals surface area contributed by atoms with Gasteiger partial charge in [0.2, 0.25) is 17.8 Å². The van der Waals surface area contributed by atoms with Crippen LogP contribution in [0, 0.1) is 0 Å². The molecule has 10 nitrogen and oxygen atoms in total. The van der Waals surface area contributed by atoms with E-state index in [0.29, 0.717) is 40.6 Å². The molecule has 2 aliphatic rings. The third-order valence-corrected chi connectivity index (χ3v) is 8.15. The number of amides is 2. The fourth-order valence-electron chi connectivity index (χ4n) is 4.24. The van der Waals surface area contributed by atoms with Gasteiger partial charge in [-0.15, -0.1) is 0 Å². The summed E-state index contributed by atoms with van der Waals surface area (Å²) in [4.78, 5) is 36.9. The molecule has 1 aromatic carbocycles. The largest absolute Gasteiger partial charge is 0.351 e. The number of aromatic nitrogens is 2. The number of carbonyl (C=O) groups excluding carboxylic acids is 2. The number of nitrogens with one attached hydrogen (secondary N) is 1. The number of hydrogen-bond donors (Lipinski definition) is 1. The van der Waals surface area contributed by atoms with Crippen LogP contribution in [0.15, 0.2) is 35.4 Å². The number of anilines is 4. The molecule has 0 radical (unpaired) electrons. The predicted molar refractivity (Wildman–Crippen MR) is 125 cm³/mol. The highest BCUT2D eigenvalue weighted by Crippen LogP contribution is 2.36. The van der Waals surface area contributed by atoms with Crippen LogP contribution in [0.3, 0.4) is 0 Å². The fraction of sp³-hybridized carbons (Fsp3) is 0.455. The molecule has 4 rings (SSSR count). The zero-order valence-electron chi connectivity index (χ0n) is 19.0. The van der Waals surface area contributed by atoms with E-state index >= 15 is 0 Å². The van der Waals surface area contributed by atoms with Gasteiger partial charge in [-0.1, -0.05) is 12.8 Å². The zero-order chi connectivity index (χ0) is 23.8. The first-order valence-corrected chi connectivity index (χ1v) is 12.4. The van der Waals surface area contributed by atoms with Crippen LogP contribution in [0.25, 0.3) is 0 Å². The zero-order valence-corrected chi connectivity index (χ0v) is 19.8. The number of sulfonamides is 1. The Morgan fingerprint density at radius 2 is 1.85 bits per heavy atom. The molecule has 1 aliphatic carbocycles. The van der Waals surface area contributed by atoms with Crippen molar-refractivity contribution in [1.29, 1.82) is 0 Å². The van der Waals surface area contributed by atoms with Crippen molar-refractivity contribution in [2.24, 2.45) is 0 Å². The lowest BCUT2D eigenvalue weighted by Crippen LogP contribution is -2.34. The van der Waals surface area contributed by atoms with Crippen molar-refractivity contribution >= 4 is 45.0 Å². The van der Waals surface area contributed by atoms with E-state index in [2.05, 4.69) is 15.2 Å². The third-order valence-electron chi connectivity index (χ3n) is 6.30. The number of carbonyl (C=O) groups is 2. The molecule has 1 aliphatic heterocycles. The van der Waals surface area contributed by atoms with E-state index in [0.717, 1.165) is 18.7 Å². The lowest BCUT2D eigenvalue weighted by Gasteiger charge is -2.30. The van der Waals surface area contributed by atoms with Gasteiger partial charge in [-0.05, 0) is 37.1 Å². The average Bonchev–Trinajstić information content (AvgIpc) is 3.29. The number of rotatable bonds is 5. The Hall–Kier alpha value is -3.21. The molecule has 2 aromatic rings. The molecular weight excluding hydrogens is 444 g/mol. The van der Waals surface area contributed by atoms with Crippen LogP contribution in [0.1, 0.15) is 39.0 Å². The minimum Gasteiger partial charge on any atom is -0.351 e. The SMILES string of the molecule is CC(=O)N(C)S(=O)(=O)c1ccc(Nc2ncc3c(n2)N(C2CCCC2)CCC(=O)N3C)cc1. The quantitative estimate of drug-likeness (QED) is 0.706. The van der Waals surface area contributed by atoms with Crippen molar-refractivity contribution in [1.82, 2.24) is 14.3 Å². The molecule has 0 spiro atoms. The Bertz CT molecular complexity index is 1160. The number of fused-ring (bicyclic) bond motifs is 1. The highest BCUT2D eigenvalue weighted by molar-refractivity contribution is 7.89. The molecule has 2 amide bonds. The standard InChI is InChI=1S/C22H28N6O4S/c1-15(29)27(3)33(31,32)18-10-8-16(9-11-18)24-22-23-14-19-21(25-22)28(17-6-4-5-7-17)13-12-20(30)26(19)2/h8-11,14,17H,4-7,12-13H2,1-3H3,(H,23,24,25). The third kappa shape index (κ3) is 4.50. The summed E-state index contributed by atoms with van der Waals surface area (Å²) in [6, 6.07) is 6.41. The van der Waals surface area contributed by atoms with Crippen molar-refractivity contribution in [2.45, 2.75) is 50.0 Å². The number of hydrogen-bond acceptors (Lipinski definition) is 8. The molecule has 0 saturated heterocycles. The Morgan fingerprint density at radius 1 is 1.18 bits per heavy atom. The van der Waals surface area contributed by atoms with E-state index in [9.17, 15) is 18.0 Å². The second-order valence-corrected chi connectivity index (χ2v) is 10.3. The maximum atomic E-state index is 12.5. The Balaban J connectivity index is 1.61. The van der Waals surface area contributed by atoms with Crippen LogP contribution in [-0.2, 0) is 19.6 Å². The molecule has 11 heteroatoms. The van der Waals surface area contributed by atoms with E-state index in [1.807, 2.05) is 0 Å².